The number of methoxy groups -OCH3 is 1. The van der Waals surface area contributed by atoms with Crippen molar-refractivity contribution >= 4 is 28.2 Å². The minimum atomic E-state index is -0.311. The maximum absolute atomic E-state index is 13.0. The SMILES string of the molecule is CCC(C)(C)C1CCc2c(sc(NC(=O)C3CC4CCC3C4)c2C(=O)OC)C1. The molecule has 0 aliphatic heterocycles. The molecule has 4 rings (SSSR count). The summed E-state index contributed by atoms with van der Waals surface area (Å²) >= 11 is 1.61. The second kappa shape index (κ2) is 7.47. The quantitative estimate of drug-likeness (QED) is 0.665. The third kappa shape index (κ3) is 3.40. The Morgan fingerprint density at radius 1 is 1.21 bits per heavy atom. The van der Waals surface area contributed by atoms with Gasteiger partial charge in [-0.1, -0.05) is 33.6 Å². The van der Waals surface area contributed by atoms with E-state index in [-0.39, 0.29) is 17.8 Å². The molecule has 154 valence electrons. The van der Waals surface area contributed by atoms with E-state index in [1.807, 2.05) is 0 Å². The van der Waals surface area contributed by atoms with Gasteiger partial charge in [-0.25, -0.2) is 4.79 Å². The van der Waals surface area contributed by atoms with E-state index in [0.29, 0.717) is 22.8 Å². The van der Waals surface area contributed by atoms with Crippen molar-refractivity contribution in [1.29, 1.82) is 0 Å². The summed E-state index contributed by atoms with van der Waals surface area (Å²) in [4.78, 5) is 26.8. The number of esters is 1. The summed E-state index contributed by atoms with van der Waals surface area (Å²) in [6.07, 6.45) is 8.82. The van der Waals surface area contributed by atoms with E-state index >= 15 is 0 Å². The van der Waals surface area contributed by atoms with Crippen molar-refractivity contribution in [3.8, 4) is 0 Å². The minimum Gasteiger partial charge on any atom is -0.465 e. The molecule has 28 heavy (non-hydrogen) atoms. The van der Waals surface area contributed by atoms with Gasteiger partial charge in [0, 0.05) is 10.8 Å². The minimum absolute atomic E-state index is 0.112. The van der Waals surface area contributed by atoms with Gasteiger partial charge < -0.3 is 10.1 Å². The molecule has 5 heteroatoms. The number of hydrogen-bond donors (Lipinski definition) is 1. The molecule has 4 unspecified atom stereocenters. The lowest BCUT2D eigenvalue weighted by Gasteiger charge is -2.36. The molecule has 3 aliphatic carbocycles. The molecule has 1 aromatic heterocycles. The summed E-state index contributed by atoms with van der Waals surface area (Å²) < 4.78 is 5.09. The number of carbonyl (C=O) groups is 2. The molecule has 1 heterocycles. The molecule has 1 amide bonds. The van der Waals surface area contributed by atoms with Crippen molar-refractivity contribution in [3.63, 3.8) is 0 Å². The molecule has 1 aromatic rings. The van der Waals surface area contributed by atoms with Crippen LogP contribution in [0.3, 0.4) is 0 Å². The fourth-order valence-corrected chi connectivity index (χ4v) is 7.04. The van der Waals surface area contributed by atoms with E-state index < -0.39 is 0 Å². The number of hydrogen-bond acceptors (Lipinski definition) is 4. The molecule has 0 spiro atoms. The van der Waals surface area contributed by atoms with Crippen molar-refractivity contribution in [1.82, 2.24) is 0 Å². The number of rotatable bonds is 5. The van der Waals surface area contributed by atoms with Crippen molar-refractivity contribution in [2.75, 3.05) is 12.4 Å². The monoisotopic (exact) mass is 403 g/mol. The highest BCUT2D eigenvalue weighted by molar-refractivity contribution is 7.17. The molecular weight excluding hydrogens is 370 g/mol. The Kier molecular flexibility index (Phi) is 5.32. The first-order valence-electron chi connectivity index (χ1n) is 10.9. The van der Waals surface area contributed by atoms with E-state index in [4.69, 9.17) is 4.74 Å². The van der Waals surface area contributed by atoms with E-state index in [9.17, 15) is 9.59 Å². The lowest BCUT2D eigenvalue weighted by atomic mass is 9.69. The molecule has 2 fully saturated rings. The third-order valence-electron chi connectivity index (χ3n) is 7.98. The second-order valence-electron chi connectivity index (χ2n) is 9.75. The van der Waals surface area contributed by atoms with Gasteiger partial charge in [0.2, 0.25) is 5.91 Å². The van der Waals surface area contributed by atoms with E-state index in [1.54, 1.807) is 11.3 Å². The molecule has 4 atom stereocenters. The van der Waals surface area contributed by atoms with E-state index in [1.165, 1.54) is 31.2 Å². The van der Waals surface area contributed by atoms with Crippen molar-refractivity contribution in [2.45, 2.75) is 72.1 Å². The first-order valence-corrected chi connectivity index (χ1v) is 11.7. The highest BCUT2D eigenvalue weighted by atomic mass is 32.1. The van der Waals surface area contributed by atoms with Crippen LogP contribution in [0.25, 0.3) is 0 Å². The molecular formula is C23H33NO3S. The average Bonchev–Trinajstić information content (AvgIpc) is 3.40. The Morgan fingerprint density at radius 3 is 2.61 bits per heavy atom. The van der Waals surface area contributed by atoms with Gasteiger partial charge in [-0.05, 0) is 67.3 Å². The highest BCUT2D eigenvalue weighted by Crippen LogP contribution is 2.50. The molecule has 0 radical (unpaired) electrons. The Hall–Kier alpha value is -1.36. The molecule has 3 aliphatic rings. The van der Waals surface area contributed by atoms with Gasteiger partial charge in [0.15, 0.2) is 0 Å². The third-order valence-corrected chi connectivity index (χ3v) is 9.15. The zero-order valence-corrected chi connectivity index (χ0v) is 18.4. The molecule has 4 nitrogen and oxygen atoms in total. The van der Waals surface area contributed by atoms with E-state index in [2.05, 4.69) is 26.1 Å². The van der Waals surface area contributed by atoms with Gasteiger partial charge >= 0.3 is 5.97 Å². The smallest absolute Gasteiger partial charge is 0.341 e. The van der Waals surface area contributed by atoms with Crippen LogP contribution in [0.2, 0.25) is 0 Å². The van der Waals surface area contributed by atoms with Gasteiger partial charge in [-0.15, -0.1) is 11.3 Å². The van der Waals surface area contributed by atoms with Gasteiger partial charge in [-0.2, -0.15) is 0 Å². The van der Waals surface area contributed by atoms with Gasteiger partial charge in [-0.3, -0.25) is 4.79 Å². The summed E-state index contributed by atoms with van der Waals surface area (Å²) in [6.45, 7) is 6.94. The zero-order valence-electron chi connectivity index (χ0n) is 17.6. The van der Waals surface area contributed by atoms with Crippen molar-refractivity contribution in [2.24, 2.45) is 29.1 Å². The number of amides is 1. The predicted molar refractivity (Wildman–Crippen MR) is 113 cm³/mol. The second-order valence-corrected chi connectivity index (χ2v) is 10.9. The van der Waals surface area contributed by atoms with Crippen LogP contribution in [0.1, 0.15) is 80.1 Å². The number of carbonyl (C=O) groups excluding carboxylic acids is 2. The summed E-state index contributed by atoms with van der Waals surface area (Å²) in [5, 5.41) is 3.88. The van der Waals surface area contributed by atoms with Crippen LogP contribution in [0.15, 0.2) is 0 Å². The Labute approximate surface area is 172 Å². The summed E-state index contributed by atoms with van der Waals surface area (Å²) in [6, 6.07) is 0. The molecule has 0 aromatic carbocycles. The molecule has 1 N–H and O–H groups in total. The Bertz CT molecular complexity index is 781. The fourth-order valence-electron chi connectivity index (χ4n) is 5.72. The van der Waals surface area contributed by atoms with Crippen LogP contribution in [-0.2, 0) is 22.4 Å². The summed E-state index contributed by atoms with van der Waals surface area (Å²) in [7, 11) is 1.43. The molecule has 2 saturated carbocycles. The average molecular weight is 404 g/mol. The highest BCUT2D eigenvalue weighted by Gasteiger charge is 2.43. The maximum Gasteiger partial charge on any atom is 0.341 e. The van der Waals surface area contributed by atoms with Crippen LogP contribution in [-0.4, -0.2) is 19.0 Å². The van der Waals surface area contributed by atoms with E-state index in [0.717, 1.165) is 48.6 Å². The molecule has 2 bridgehead atoms. The number of anilines is 1. The van der Waals surface area contributed by atoms with Crippen molar-refractivity contribution in [3.05, 3.63) is 16.0 Å². The number of fused-ring (bicyclic) bond motifs is 3. The maximum atomic E-state index is 13.0. The first-order chi connectivity index (χ1) is 13.3. The van der Waals surface area contributed by atoms with Gasteiger partial charge in [0.25, 0.3) is 0 Å². The lowest BCUT2D eigenvalue weighted by molar-refractivity contribution is -0.121. The van der Waals surface area contributed by atoms with Gasteiger partial charge in [0.1, 0.15) is 5.00 Å². The van der Waals surface area contributed by atoms with Crippen LogP contribution in [0.5, 0.6) is 0 Å². The Morgan fingerprint density at radius 2 is 2.00 bits per heavy atom. The molecule has 0 saturated heterocycles. The standard InChI is InChI=1S/C23H33NO3S/c1-5-23(2,3)15-8-9-16-18(12-15)28-21(19(16)22(26)27-4)24-20(25)17-11-13-6-7-14(17)10-13/h13-15,17H,5-12H2,1-4H3,(H,24,25). The lowest BCUT2D eigenvalue weighted by Crippen LogP contribution is -2.29. The zero-order chi connectivity index (χ0) is 20.1. The summed E-state index contributed by atoms with van der Waals surface area (Å²) in [5.74, 6) is 1.80. The number of ether oxygens (including phenoxy) is 1. The van der Waals surface area contributed by atoms with Crippen LogP contribution < -0.4 is 5.32 Å². The number of thiophene rings is 1. The van der Waals surface area contributed by atoms with Crippen LogP contribution >= 0.6 is 11.3 Å². The normalized spacial score (nSPS) is 28.9. The summed E-state index contributed by atoms with van der Waals surface area (Å²) in [5.41, 5.74) is 2.02. The Balaban J connectivity index is 1.59. The first kappa shape index (κ1) is 19.9. The van der Waals surface area contributed by atoms with Gasteiger partial charge in [0.05, 0.1) is 12.7 Å². The topological polar surface area (TPSA) is 55.4 Å². The fraction of sp³-hybridized carbons (Fsp3) is 0.739. The number of nitrogens with one attached hydrogen (secondary N) is 1. The predicted octanol–water partition coefficient (Wildman–Crippen LogP) is 5.45. The largest absolute Gasteiger partial charge is 0.465 e. The van der Waals surface area contributed by atoms with Crippen LogP contribution in [0, 0.1) is 29.1 Å². The van der Waals surface area contributed by atoms with Crippen molar-refractivity contribution < 1.29 is 14.3 Å². The van der Waals surface area contributed by atoms with Crippen LogP contribution in [0.4, 0.5) is 5.00 Å².